The number of rotatable bonds is 19. The molecule has 0 aromatic heterocycles. The highest BCUT2D eigenvalue weighted by Crippen LogP contribution is 2.29. The van der Waals surface area contributed by atoms with Gasteiger partial charge in [-0.2, -0.15) is 0 Å². The number of benzene rings is 1. The van der Waals surface area contributed by atoms with Crippen molar-refractivity contribution in [3.8, 4) is 0 Å². The Balaban J connectivity index is 3.57. The van der Waals surface area contributed by atoms with Crippen molar-refractivity contribution in [2.24, 2.45) is 4.99 Å². The number of carbonyl (C=O) groups is 5. The second kappa shape index (κ2) is 16.2. The molecule has 3 atom stereocenters. The number of carboxylic acids is 5. The lowest BCUT2D eigenvalue weighted by atomic mass is 9.92. The number of nitrogens with zero attached hydrogens (tertiary/aromatic N) is 4. The van der Waals surface area contributed by atoms with Gasteiger partial charge in [-0.15, -0.1) is 0 Å². The highest BCUT2D eigenvalue weighted by atomic mass is 32.1. The Kier molecular flexibility index (Phi) is 13.7. The van der Waals surface area contributed by atoms with Crippen molar-refractivity contribution in [1.82, 2.24) is 14.7 Å². The van der Waals surface area contributed by atoms with Gasteiger partial charge in [0.25, 0.3) is 0 Å². The maximum absolute atomic E-state index is 11.7. The standard InChI is InChI=1S/C23H30N4O10S/c1-15(26(11-19(32)33)8-7-25(9-17(28)29)10-18(30)31)23(27(12-20(34)35)13-21(36)37)22(24-14-38)16-5-3-2-4-6-16/h2-6,15,22-23H,7-13H2,1H3,(H,28,29)(H,30,31)(H,32,33)(H,34,35)(H,36,37). The molecule has 0 amide bonds. The third-order valence-electron chi connectivity index (χ3n) is 5.58. The normalized spacial score (nSPS) is 13.5. The largest absolute Gasteiger partial charge is 0.480 e. The first-order chi connectivity index (χ1) is 17.8. The average Bonchev–Trinajstić information content (AvgIpc) is 2.79. The molecule has 0 spiro atoms. The lowest BCUT2D eigenvalue weighted by Gasteiger charge is -2.42. The molecule has 0 heterocycles. The molecule has 0 radical (unpaired) electrons. The zero-order valence-corrected chi connectivity index (χ0v) is 21.4. The predicted octanol–water partition coefficient (Wildman–Crippen LogP) is -0.0834. The second-order valence-corrected chi connectivity index (χ2v) is 8.54. The van der Waals surface area contributed by atoms with E-state index in [4.69, 9.17) is 22.4 Å². The molecule has 1 rings (SSSR count). The summed E-state index contributed by atoms with van der Waals surface area (Å²) in [4.78, 5) is 65.2. The smallest absolute Gasteiger partial charge is 0.317 e. The van der Waals surface area contributed by atoms with Crippen LogP contribution >= 0.6 is 12.2 Å². The quantitative estimate of drug-likeness (QED) is 0.112. The van der Waals surface area contributed by atoms with E-state index in [2.05, 4.69) is 10.2 Å². The van der Waals surface area contributed by atoms with Gasteiger partial charge in [-0.25, -0.2) is 4.99 Å². The Hall–Kier alpha value is -3.75. The van der Waals surface area contributed by atoms with Gasteiger partial charge in [-0.3, -0.25) is 38.7 Å². The van der Waals surface area contributed by atoms with Crippen LogP contribution in [0.5, 0.6) is 0 Å². The van der Waals surface area contributed by atoms with E-state index in [1.54, 1.807) is 37.3 Å². The summed E-state index contributed by atoms with van der Waals surface area (Å²) in [6.07, 6.45) is 0. The molecule has 15 heteroatoms. The van der Waals surface area contributed by atoms with Crippen molar-refractivity contribution in [3.05, 3.63) is 35.9 Å². The van der Waals surface area contributed by atoms with Crippen LogP contribution in [0.2, 0.25) is 0 Å². The minimum atomic E-state index is -1.33. The molecule has 1 aromatic carbocycles. The van der Waals surface area contributed by atoms with Crippen LogP contribution in [0.15, 0.2) is 35.3 Å². The van der Waals surface area contributed by atoms with E-state index in [0.29, 0.717) is 5.56 Å². The van der Waals surface area contributed by atoms with Gasteiger partial charge >= 0.3 is 29.8 Å². The van der Waals surface area contributed by atoms with Gasteiger partial charge in [0.2, 0.25) is 0 Å². The molecule has 14 nitrogen and oxygen atoms in total. The fraction of sp³-hybridized carbons (Fsp3) is 0.478. The minimum absolute atomic E-state index is 0.138. The monoisotopic (exact) mass is 554 g/mol. The Bertz CT molecular complexity index is 1000. The van der Waals surface area contributed by atoms with Crippen molar-refractivity contribution >= 4 is 47.2 Å². The molecule has 0 saturated heterocycles. The first-order valence-corrected chi connectivity index (χ1v) is 11.7. The average molecular weight is 555 g/mol. The molecule has 0 aliphatic heterocycles. The third kappa shape index (κ3) is 11.5. The summed E-state index contributed by atoms with van der Waals surface area (Å²) in [6.45, 7) is -2.01. The summed E-state index contributed by atoms with van der Waals surface area (Å²) in [6, 6.07) is 5.55. The molecule has 5 N–H and O–H groups in total. The number of isothiocyanates is 1. The van der Waals surface area contributed by atoms with Crippen LogP contribution in [0.1, 0.15) is 18.5 Å². The van der Waals surface area contributed by atoms with E-state index in [9.17, 15) is 39.3 Å². The number of carboxylic acid groups (broad SMARTS) is 5. The molecule has 0 aliphatic carbocycles. The van der Waals surface area contributed by atoms with Gasteiger partial charge < -0.3 is 25.5 Å². The summed E-state index contributed by atoms with van der Waals surface area (Å²) < 4.78 is 0. The fourth-order valence-electron chi connectivity index (χ4n) is 4.12. The van der Waals surface area contributed by atoms with Gasteiger partial charge in [-0.05, 0) is 24.7 Å². The van der Waals surface area contributed by atoms with Crippen molar-refractivity contribution < 1.29 is 49.5 Å². The van der Waals surface area contributed by atoms with Gasteiger partial charge in [-0.1, -0.05) is 30.3 Å². The molecule has 0 aliphatic rings. The molecule has 0 fully saturated rings. The molecule has 38 heavy (non-hydrogen) atoms. The molecular weight excluding hydrogens is 524 g/mol. The zero-order chi connectivity index (χ0) is 28.8. The SMILES string of the molecule is CC(C(C(N=C=S)c1ccccc1)N(CC(=O)O)CC(=O)O)N(CCN(CC(=O)O)CC(=O)O)CC(=O)O. The summed E-state index contributed by atoms with van der Waals surface area (Å²) in [5.41, 5.74) is 0.538. The van der Waals surface area contributed by atoms with Gasteiger partial charge in [0.15, 0.2) is 0 Å². The van der Waals surface area contributed by atoms with E-state index in [1.165, 1.54) is 4.90 Å². The van der Waals surface area contributed by atoms with Crippen LogP contribution in [0.25, 0.3) is 0 Å². The fourth-order valence-corrected chi connectivity index (χ4v) is 4.23. The summed E-state index contributed by atoms with van der Waals surface area (Å²) in [5.74, 6) is -6.50. The number of thiocarbonyl (C=S) groups is 1. The number of hydrogen-bond donors (Lipinski definition) is 5. The van der Waals surface area contributed by atoms with E-state index < -0.39 is 80.7 Å². The van der Waals surface area contributed by atoms with Crippen molar-refractivity contribution in [3.63, 3.8) is 0 Å². The summed E-state index contributed by atoms with van der Waals surface area (Å²) in [7, 11) is 0. The van der Waals surface area contributed by atoms with E-state index in [1.807, 2.05) is 0 Å². The lowest BCUT2D eigenvalue weighted by Crippen LogP contribution is -2.57. The number of hydrogen-bond acceptors (Lipinski definition) is 10. The zero-order valence-electron chi connectivity index (χ0n) is 20.5. The highest BCUT2D eigenvalue weighted by Gasteiger charge is 2.38. The third-order valence-corrected chi connectivity index (χ3v) is 5.69. The number of aliphatic carboxylic acids is 5. The van der Waals surface area contributed by atoms with Crippen LogP contribution in [0.4, 0.5) is 0 Å². The van der Waals surface area contributed by atoms with Gasteiger partial charge in [0, 0.05) is 19.1 Å². The molecule has 1 aromatic rings. The van der Waals surface area contributed by atoms with Crippen LogP contribution < -0.4 is 0 Å². The second-order valence-electron chi connectivity index (χ2n) is 8.36. The topological polar surface area (TPSA) is 209 Å². The minimum Gasteiger partial charge on any atom is -0.480 e. The Morgan fingerprint density at radius 1 is 0.763 bits per heavy atom. The van der Waals surface area contributed by atoms with E-state index in [-0.39, 0.29) is 13.1 Å². The van der Waals surface area contributed by atoms with Crippen LogP contribution in [0.3, 0.4) is 0 Å². The van der Waals surface area contributed by atoms with Crippen LogP contribution in [-0.2, 0) is 24.0 Å². The lowest BCUT2D eigenvalue weighted by molar-refractivity contribution is -0.145. The van der Waals surface area contributed by atoms with Crippen LogP contribution in [0, 0.1) is 0 Å². The summed E-state index contributed by atoms with van der Waals surface area (Å²) >= 11 is 4.80. The maximum Gasteiger partial charge on any atom is 0.317 e. The first-order valence-electron chi connectivity index (χ1n) is 11.3. The Morgan fingerprint density at radius 3 is 1.63 bits per heavy atom. The molecular formula is C23H30N4O10S. The van der Waals surface area contributed by atoms with Gasteiger partial charge in [0.1, 0.15) is 6.04 Å². The molecule has 208 valence electrons. The van der Waals surface area contributed by atoms with E-state index >= 15 is 0 Å². The molecule has 0 bridgehead atoms. The highest BCUT2D eigenvalue weighted by molar-refractivity contribution is 7.78. The predicted molar refractivity (Wildman–Crippen MR) is 135 cm³/mol. The van der Waals surface area contributed by atoms with Gasteiger partial charge in [0.05, 0.1) is 43.9 Å². The van der Waals surface area contributed by atoms with E-state index in [0.717, 1.165) is 9.80 Å². The van der Waals surface area contributed by atoms with Crippen LogP contribution in [-0.4, -0.2) is 133 Å². The van der Waals surface area contributed by atoms with Crippen molar-refractivity contribution in [2.45, 2.75) is 25.0 Å². The number of aliphatic imine (C=N–C) groups is 1. The molecule has 0 saturated carbocycles. The molecule has 3 unspecified atom stereocenters. The Labute approximate surface area is 223 Å². The maximum atomic E-state index is 11.7. The van der Waals surface area contributed by atoms with Crippen molar-refractivity contribution in [2.75, 3.05) is 45.8 Å². The van der Waals surface area contributed by atoms with Crippen molar-refractivity contribution in [1.29, 1.82) is 0 Å². The summed E-state index contributed by atoms with van der Waals surface area (Å²) in [5, 5.41) is 49.1. The first kappa shape index (κ1) is 32.3. The Morgan fingerprint density at radius 2 is 1.21 bits per heavy atom.